The summed E-state index contributed by atoms with van der Waals surface area (Å²) in [5, 5.41) is 2.67. The highest BCUT2D eigenvalue weighted by atomic mass is 19.1. The first-order valence-corrected chi connectivity index (χ1v) is 6.82. The molecule has 0 spiro atoms. The molecular weight excluding hydrogens is 288 g/mol. The monoisotopic (exact) mass is 301 g/mol. The molecule has 0 fully saturated rings. The van der Waals surface area contributed by atoms with Gasteiger partial charge in [-0.15, -0.1) is 0 Å². The van der Waals surface area contributed by atoms with Gasteiger partial charge in [-0.3, -0.25) is 9.20 Å². The molecule has 2 heterocycles. The average molecular weight is 301 g/mol. The summed E-state index contributed by atoms with van der Waals surface area (Å²) in [4.78, 5) is 16.8. The Morgan fingerprint density at radius 1 is 1.14 bits per heavy atom. The molecule has 4 nitrogen and oxygen atoms in total. The van der Waals surface area contributed by atoms with Crippen molar-refractivity contribution in [1.29, 1.82) is 0 Å². The van der Waals surface area contributed by atoms with Gasteiger partial charge in [-0.05, 0) is 42.8 Å². The molecule has 1 aromatic carbocycles. The van der Waals surface area contributed by atoms with Crippen LogP contribution in [-0.2, 0) is 6.42 Å². The third-order valence-corrected chi connectivity index (χ3v) is 3.31. The van der Waals surface area contributed by atoms with E-state index >= 15 is 0 Å². The van der Waals surface area contributed by atoms with Crippen LogP contribution in [-0.4, -0.2) is 15.3 Å². The van der Waals surface area contributed by atoms with Crippen molar-refractivity contribution >= 4 is 17.2 Å². The van der Waals surface area contributed by atoms with E-state index in [0.717, 1.165) is 0 Å². The Bertz CT molecular complexity index is 840. The lowest BCUT2D eigenvalue weighted by Crippen LogP contribution is -2.16. The number of benzene rings is 1. The highest BCUT2D eigenvalue weighted by Crippen LogP contribution is 2.17. The molecule has 0 radical (unpaired) electrons. The number of fused-ring (bicyclic) bond motifs is 1. The quantitative estimate of drug-likeness (QED) is 0.805. The number of anilines is 1. The molecule has 112 valence electrons. The fraction of sp³-hybridized carbons (Fsp3) is 0.125. The lowest BCUT2D eigenvalue weighted by atomic mass is 10.2. The summed E-state index contributed by atoms with van der Waals surface area (Å²) in [5.74, 6) is -1.26. The first-order valence-electron chi connectivity index (χ1n) is 6.82. The number of amides is 1. The van der Waals surface area contributed by atoms with Crippen molar-refractivity contribution in [2.24, 2.45) is 0 Å². The summed E-state index contributed by atoms with van der Waals surface area (Å²) in [5.41, 5.74) is 1.81. The molecule has 0 saturated heterocycles. The van der Waals surface area contributed by atoms with Crippen molar-refractivity contribution in [2.45, 2.75) is 13.3 Å². The van der Waals surface area contributed by atoms with Crippen LogP contribution in [0.3, 0.4) is 0 Å². The predicted octanol–water partition coefficient (Wildman–Crippen LogP) is 3.43. The van der Waals surface area contributed by atoms with Gasteiger partial charge in [0.15, 0.2) is 0 Å². The zero-order valence-electron chi connectivity index (χ0n) is 11.8. The summed E-state index contributed by atoms with van der Waals surface area (Å²) in [6.45, 7) is 1.87. The Morgan fingerprint density at radius 3 is 2.50 bits per heavy atom. The minimum Gasteiger partial charge on any atom is -0.321 e. The Kier molecular flexibility index (Phi) is 3.58. The van der Waals surface area contributed by atoms with Crippen LogP contribution in [0.1, 0.15) is 23.1 Å². The minimum atomic E-state index is -0.455. The lowest BCUT2D eigenvalue weighted by molar-refractivity contribution is 0.102. The van der Waals surface area contributed by atoms with Crippen molar-refractivity contribution in [3.05, 3.63) is 65.6 Å². The molecule has 0 bridgehead atoms. The SMILES string of the molecule is CCc1nc2ccc(F)cn2c1C(=O)Nc1ccc(F)cc1. The molecule has 2 aromatic heterocycles. The van der Waals surface area contributed by atoms with E-state index in [-0.39, 0.29) is 11.5 Å². The molecule has 0 unspecified atom stereocenters. The number of hydrogen-bond donors (Lipinski definition) is 1. The number of pyridine rings is 1. The number of imidazole rings is 1. The Hall–Kier alpha value is -2.76. The zero-order chi connectivity index (χ0) is 15.7. The summed E-state index contributed by atoms with van der Waals surface area (Å²) >= 11 is 0. The molecule has 0 aliphatic rings. The van der Waals surface area contributed by atoms with E-state index < -0.39 is 11.7 Å². The van der Waals surface area contributed by atoms with Gasteiger partial charge < -0.3 is 5.32 Å². The smallest absolute Gasteiger partial charge is 0.274 e. The van der Waals surface area contributed by atoms with Gasteiger partial charge in [0, 0.05) is 11.9 Å². The predicted molar refractivity (Wildman–Crippen MR) is 78.9 cm³/mol. The highest BCUT2D eigenvalue weighted by molar-refractivity contribution is 6.04. The van der Waals surface area contributed by atoms with Crippen LogP contribution in [0.5, 0.6) is 0 Å². The highest BCUT2D eigenvalue weighted by Gasteiger charge is 2.18. The van der Waals surface area contributed by atoms with Crippen molar-refractivity contribution in [3.8, 4) is 0 Å². The molecular formula is C16H13F2N3O. The fourth-order valence-corrected chi connectivity index (χ4v) is 2.28. The van der Waals surface area contributed by atoms with E-state index in [0.29, 0.717) is 23.4 Å². The Labute approximate surface area is 125 Å². The second-order valence-electron chi connectivity index (χ2n) is 4.80. The molecule has 1 N–H and O–H groups in total. The maximum absolute atomic E-state index is 13.4. The van der Waals surface area contributed by atoms with Crippen LogP contribution in [0.4, 0.5) is 14.5 Å². The summed E-state index contributed by atoms with van der Waals surface area (Å²) < 4.78 is 27.8. The molecule has 1 amide bonds. The third kappa shape index (κ3) is 2.55. The number of aromatic nitrogens is 2. The zero-order valence-corrected chi connectivity index (χ0v) is 11.8. The molecule has 0 saturated carbocycles. The number of carbonyl (C=O) groups excluding carboxylic acids is 1. The second kappa shape index (κ2) is 5.55. The van der Waals surface area contributed by atoms with Gasteiger partial charge in [0.2, 0.25) is 0 Å². The van der Waals surface area contributed by atoms with E-state index in [4.69, 9.17) is 0 Å². The number of rotatable bonds is 3. The van der Waals surface area contributed by atoms with Crippen LogP contribution in [0.25, 0.3) is 5.65 Å². The van der Waals surface area contributed by atoms with E-state index in [1.807, 2.05) is 6.92 Å². The third-order valence-electron chi connectivity index (χ3n) is 3.31. The second-order valence-corrected chi connectivity index (χ2v) is 4.80. The van der Waals surface area contributed by atoms with Crippen LogP contribution in [0.15, 0.2) is 42.6 Å². The first kappa shape index (κ1) is 14.2. The van der Waals surface area contributed by atoms with Gasteiger partial charge in [0.25, 0.3) is 5.91 Å². The topological polar surface area (TPSA) is 46.4 Å². The molecule has 3 aromatic rings. The minimum absolute atomic E-state index is 0.279. The molecule has 3 rings (SSSR count). The number of hydrogen-bond acceptors (Lipinski definition) is 2. The van der Waals surface area contributed by atoms with Crippen molar-refractivity contribution in [3.63, 3.8) is 0 Å². The number of aryl methyl sites for hydroxylation is 1. The summed E-state index contributed by atoms with van der Waals surface area (Å²) in [7, 11) is 0. The van der Waals surface area contributed by atoms with Crippen molar-refractivity contribution in [1.82, 2.24) is 9.38 Å². The molecule has 0 aliphatic carbocycles. The fourth-order valence-electron chi connectivity index (χ4n) is 2.28. The lowest BCUT2D eigenvalue weighted by Gasteiger charge is -2.06. The van der Waals surface area contributed by atoms with Crippen molar-refractivity contribution < 1.29 is 13.6 Å². The normalized spacial score (nSPS) is 10.9. The summed E-state index contributed by atoms with van der Waals surface area (Å²) in [6.07, 6.45) is 1.76. The Morgan fingerprint density at radius 2 is 1.82 bits per heavy atom. The van der Waals surface area contributed by atoms with Gasteiger partial charge in [0.05, 0.1) is 5.69 Å². The van der Waals surface area contributed by atoms with Crippen molar-refractivity contribution in [2.75, 3.05) is 5.32 Å². The van der Waals surface area contributed by atoms with E-state index in [1.54, 1.807) is 0 Å². The van der Waals surface area contributed by atoms with Gasteiger partial charge in [0.1, 0.15) is 23.0 Å². The van der Waals surface area contributed by atoms with Crippen LogP contribution in [0.2, 0.25) is 0 Å². The summed E-state index contributed by atoms with van der Waals surface area (Å²) in [6, 6.07) is 8.24. The maximum atomic E-state index is 13.4. The van der Waals surface area contributed by atoms with Crippen LogP contribution in [0, 0.1) is 11.6 Å². The van der Waals surface area contributed by atoms with E-state index in [1.165, 1.54) is 47.0 Å². The molecule has 6 heteroatoms. The first-order chi connectivity index (χ1) is 10.6. The average Bonchev–Trinajstić information content (AvgIpc) is 2.87. The number of halogens is 2. The molecule has 0 atom stereocenters. The van der Waals surface area contributed by atoms with Crippen LogP contribution >= 0.6 is 0 Å². The number of nitrogens with zero attached hydrogens (tertiary/aromatic N) is 2. The molecule has 0 aliphatic heterocycles. The van der Waals surface area contributed by atoms with Gasteiger partial charge in [-0.1, -0.05) is 6.92 Å². The maximum Gasteiger partial charge on any atom is 0.274 e. The number of nitrogens with one attached hydrogen (secondary N) is 1. The Balaban J connectivity index is 2.02. The number of carbonyl (C=O) groups is 1. The van der Waals surface area contributed by atoms with Crippen LogP contribution < -0.4 is 5.32 Å². The van der Waals surface area contributed by atoms with Gasteiger partial charge >= 0.3 is 0 Å². The van der Waals surface area contributed by atoms with E-state index in [2.05, 4.69) is 10.3 Å². The van der Waals surface area contributed by atoms with Gasteiger partial charge in [-0.2, -0.15) is 0 Å². The largest absolute Gasteiger partial charge is 0.321 e. The van der Waals surface area contributed by atoms with Gasteiger partial charge in [-0.25, -0.2) is 13.8 Å². The molecule has 22 heavy (non-hydrogen) atoms. The van der Waals surface area contributed by atoms with E-state index in [9.17, 15) is 13.6 Å². The standard InChI is InChI=1S/C16H13F2N3O/c1-2-13-15(21-9-11(18)5-8-14(21)20-13)16(22)19-12-6-3-10(17)4-7-12/h3-9H,2H2,1H3,(H,19,22).